The number of thiazole rings is 1. The Labute approximate surface area is 108 Å². The number of hydrogen-bond acceptors (Lipinski definition) is 3. The number of nitrogens with zero attached hydrogens (tertiary/aromatic N) is 1. The molecule has 1 aromatic heterocycles. The van der Waals surface area contributed by atoms with Gasteiger partial charge >= 0.3 is 0 Å². The van der Waals surface area contributed by atoms with E-state index >= 15 is 0 Å². The molecule has 1 fully saturated rings. The number of hydrogen-bond donors (Lipinski definition) is 0. The van der Waals surface area contributed by atoms with E-state index in [9.17, 15) is 0 Å². The fourth-order valence-corrected chi connectivity index (χ4v) is 3.78. The van der Waals surface area contributed by atoms with Crippen molar-refractivity contribution in [2.75, 3.05) is 7.11 Å². The highest BCUT2D eigenvalue weighted by molar-refractivity contribution is 7.09. The first-order valence-corrected chi connectivity index (χ1v) is 7.70. The van der Waals surface area contributed by atoms with Gasteiger partial charge in [0.1, 0.15) is 11.1 Å². The van der Waals surface area contributed by atoms with Crippen LogP contribution in [0.5, 0.6) is 0 Å². The van der Waals surface area contributed by atoms with Crippen LogP contribution >= 0.6 is 11.3 Å². The molecule has 1 heterocycles. The van der Waals surface area contributed by atoms with Crippen molar-refractivity contribution in [1.29, 1.82) is 0 Å². The number of ether oxygens (including phenoxy) is 1. The van der Waals surface area contributed by atoms with Gasteiger partial charge in [0.15, 0.2) is 0 Å². The van der Waals surface area contributed by atoms with Crippen LogP contribution in [0.4, 0.5) is 0 Å². The van der Waals surface area contributed by atoms with Crippen molar-refractivity contribution in [3.05, 3.63) is 16.1 Å². The van der Waals surface area contributed by atoms with Gasteiger partial charge in [-0.15, -0.1) is 11.3 Å². The summed E-state index contributed by atoms with van der Waals surface area (Å²) >= 11 is 1.78. The molecular formula is C14H23NOS. The summed E-state index contributed by atoms with van der Waals surface area (Å²) in [5.41, 5.74) is 1.24. The fraction of sp³-hybridized carbons (Fsp3) is 0.786. The smallest absolute Gasteiger partial charge is 0.122 e. The predicted molar refractivity (Wildman–Crippen MR) is 72.4 cm³/mol. The quantitative estimate of drug-likeness (QED) is 0.777. The Balaban J connectivity index is 2.04. The molecule has 1 unspecified atom stereocenters. The summed E-state index contributed by atoms with van der Waals surface area (Å²) in [4.78, 5) is 4.74. The Bertz CT molecular complexity index is 331. The molecule has 1 aromatic rings. The van der Waals surface area contributed by atoms with E-state index in [1.54, 1.807) is 11.3 Å². The number of methoxy groups -OCH3 is 1. The molecule has 1 aliphatic carbocycles. The second-order valence-electron chi connectivity index (χ2n) is 4.98. The Kier molecular flexibility index (Phi) is 4.99. The first-order valence-electron chi connectivity index (χ1n) is 6.82. The van der Waals surface area contributed by atoms with Gasteiger partial charge in [0, 0.05) is 12.5 Å². The van der Waals surface area contributed by atoms with Crippen molar-refractivity contribution in [2.45, 2.75) is 58.0 Å². The molecule has 1 saturated carbocycles. The maximum atomic E-state index is 5.72. The molecule has 0 bridgehead atoms. The van der Waals surface area contributed by atoms with Crippen molar-refractivity contribution in [1.82, 2.24) is 4.98 Å². The lowest BCUT2D eigenvalue weighted by Crippen LogP contribution is -2.17. The Hall–Kier alpha value is -0.410. The zero-order valence-electron chi connectivity index (χ0n) is 10.9. The monoisotopic (exact) mass is 253 g/mol. The summed E-state index contributed by atoms with van der Waals surface area (Å²) in [5, 5.41) is 3.40. The SMILES string of the molecule is CCCc1csc(C(OC)C2CCCCC2)n1. The standard InChI is InChI=1S/C14H23NOS/c1-3-7-12-10-17-14(15-12)13(16-2)11-8-5-4-6-9-11/h10-11,13H,3-9H2,1-2H3. The minimum absolute atomic E-state index is 0.242. The van der Waals surface area contributed by atoms with E-state index in [1.807, 2.05) is 7.11 Å². The molecule has 0 spiro atoms. The van der Waals surface area contributed by atoms with Crippen LogP contribution in [0.2, 0.25) is 0 Å². The van der Waals surface area contributed by atoms with E-state index in [-0.39, 0.29) is 6.10 Å². The van der Waals surface area contributed by atoms with E-state index in [0.717, 1.165) is 6.42 Å². The Morgan fingerprint density at radius 2 is 2.18 bits per heavy atom. The highest BCUT2D eigenvalue weighted by atomic mass is 32.1. The number of aryl methyl sites for hydroxylation is 1. The largest absolute Gasteiger partial charge is 0.374 e. The lowest BCUT2D eigenvalue weighted by molar-refractivity contribution is 0.0351. The summed E-state index contributed by atoms with van der Waals surface area (Å²) in [6, 6.07) is 0. The minimum Gasteiger partial charge on any atom is -0.374 e. The lowest BCUT2D eigenvalue weighted by atomic mass is 9.85. The molecule has 3 heteroatoms. The maximum Gasteiger partial charge on any atom is 0.122 e. The van der Waals surface area contributed by atoms with Crippen molar-refractivity contribution >= 4 is 11.3 Å². The minimum atomic E-state index is 0.242. The fourth-order valence-electron chi connectivity index (χ4n) is 2.76. The summed E-state index contributed by atoms with van der Waals surface area (Å²) in [5.74, 6) is 0.689. The van der Waals surface area contributed by atoms with E-state index in [2.05, 4.69) is 12.3 Å². The summed E-state index contributed by atoms with van der Waals surface area (Å²) in [7, 11) is 1.83. The van der Waals surface area contributed by atoms with E-state index in [0.29, 0.717) is 5.92 Å². The summed E-state index contributed by atoms with van der Waals surface area (Å²) < 4.78 is 5.72. The summed E-state index contributed by atoms with van der Waals surface area (Å²) in [6.07, 6.45) is 9.23. The highest BCUT2D eigenvalue weighted by Crippen LogP contribution is 2.37. The van der Waals surface area contributed by atoms with Crippen LogP contribution in [-0.4, -0.2) is 12.1 Å². The third-order valence-corrected chi connectivity index (χ3v) is 4.61. The van der Waals surface area contributed by atoms with Gasteiger partial charge < -0.3 is 4.74 Å². The van der Waals surface area contributed by atoms with Gasteiger partial charge in [-0.05, 0) is 25.2 Å². The molecule has 1 aliphatic rings. The van der Waals surface area contributed by atoms with Crippen molar-refractivity contribution in [3.8, 4) is 0 Å². The van der Waals surface area contributed by atoms with Crippen LogP contribution in [-0.2, 0) is 11.2 Å². The van der Waals surface area contributed by atoms with Gasteiger partial charge in [-0.1, -0.05) is 32.6 Å². The van der Waals surface area contributed by atoms with Gasteiger partial charge in [-0.25, -0.2) is 4.98 Å². The van der Waals surface area contributed by atoms with Crippen LogP contribution in [0.3, 0.4) is 0 Å². The van der Waals surface area contributed by atoms with Gasteiger partial charge in [0.05, 0.1) is 5.69 Å². The molecular weight excluding hydrogens is 230 g/mol. The van der Waals surface area contributed by atoms with Gasteiger partial charge in [0.2, 0.25) is 0 Å². The van der Waals surface area contributed by atoms with Crippen molar-refractivity contribution in [2.24, 2.45) is 5.92 Å². The van der Waals surface area contributed by atoms with E-state index in [4.69, 9.17) is 9.72 Å². The Morgan fingerprint density at radius 1 is 1.41 bits per heavy atom. The number of rotatable bonds is 5. The third-order valence-electron chi connectivity index (χ3n) is 3.65. The molecule has 17 heavy (non-hydrogen) atoms. The maximum absolute atomic E-state index is 5.72. The van der Waals surface area contributed by atoms with Crippen LogP contribution < -0.4 is 0 Å². The van der Waals surface area contributed by atoms with Crippen LogP contribution in [0.1, 0.15) is 62.3 Å². The Morgan fingerprint density at radius 3 is 2.82 bits per heavy atom. The number of aromatic nitrogens is 1. The first-order chi connectivity index (χ1) is 8.35. The average Bonchev–Trinajstić information content (AvgIpc) is 2.81. The van der Waals surface area contributed by atoms with Crippen LogP contribution in [0.15, 0.2) is 5.38 Å². The molecule has 0 saturated heterocycles. The zero-order valence-corrected chi connectivity index (χ0v) is 11.8. The molecule has 2 rings (SSSR count). The zero-order chi connectivity index (χ0) is 12.1. The van der Waals surface area contributed by atoms with Crippen molar-refractivity contribution in [3.63, 3.8) is 0 Å². The topological polar surface area (TPSA) is 22.1 Å². The van der Waals surface area contributed by atoms with Gasteiger partial charge in [-0.2, -0.15) is 0 Å². The van der Waals surface area contributed by atoms with E-state index < -0.39 is 0 Å². The van der Waals surface area contributed by atoms with Gasteiger partial charge in [-0.3, -0.25) is 0 Å². The molecule has 96 valence electrons. The van der Waals surface area contributed by atoms with E-state index in [1.165, 1.54) is 49.2 Å². The van der Waals surface area contributed by atoms with Crippen LogP contribution in [0, 0.1) is 5.92 Å². The second-order valence-corrected chi connectivity index (χ2v) is 5.87. The van der Waals surface area contributed by atoms with Crippen molar-refractivity contribution < 1.29 is 4.74 Å². The predicted octanol–water partition coefficient (Wildman–Crippen LogP) is 4.36. The average molecular weight is 253 g/mol. The normalized spacial score (nSPS) is 19.4. The molecule has 2 nitrogen and oxygen atoms in total. The molecule has 1 atom stereocenters. The molecule has 0 N–H and O–H groups in total. The second kappa shape index (κ2) is 6.50. The molecule has 0 radical (unpaired) electrons. The molecule has 0 aliphatic heterocycles. The first kappa shape index (κ1) is 13.0. The molecule has 0 amide bonds. The summed E-state index contributed by atoms with van der Waals surface area (Å²) in [6.45, 7) is 2.20. The lowest BCUT2D eigenvalue weighted by Gasteiger charge is -2.27. The molecule has 0 aromatic carbocycles. The third kappa shape index (κ3) is 3.29. The van der Waals surface area contributed by atoms with Crippen LogP contribution in [0.25, 0.3) is 0 Å². The van der Waals surface area contributed by atoms with Gasteiger partial charge in [0.25, 0.3) is 0 Å². The highest BCUT2D eigenvalue weighted by Gasteiger charge is 2.27.